The Bertz CT molecular complexity index is 1490. The van der Waals surface area contributed by atoms with E-state index in [4.69, 9.17) is 4.74 Å². The minimum atomic E-state index is -0.865. The summed E-state index contributed by atoms with van der Waals surface area (Å²) in [6.45, 7) is 3.93. The van der Waals surface area contributed by atoms with Crippen molar-refractivity contribution in [2.75, 3.05) is 18.5 Å². The predicted molar refractivity (Wildman–Crippen MR) is 158 cm³/mol. The number of anilines is 1. The molecule has 1 aromatic heterocycles. The van der Waals surface area contributed by atoms with Gasteiger partial charge in [-0.05, 0) is 56.7 Å². The Morgan fingerprint density at radius 3 is 2.71 bits per heavy atom. The molecule has 216 valence electrons. The van der Waals surface area contributed by atoms with E-state index in [2.05, 4.69) is 36.9 Å². The second-order valence-electron chi connectivity index (χ2n) is 10.7. The summed E-state index contributed by atoms with van der Waals surface area (Å²) in [5.41, 5.74) is 2.09. The van der Waals surface area contributed by atoms with Crippen LogP contribution in [0.4, 0.5) is 5.69 Å². The van der Waals surface area contributed by atoms with E-state index < -0.39 is 28.7 Å². The molecule has 3 unspecified atom stereocenters. The summed E-state index contributed by atoms with van der Waals surface area (Å²) in [6.07, 6.45) is 0.546. The highest BCUT2D eigenvalue weighted by molar-refractivity contribution is 9.09. The number of fused-ring (bicyclic) bond motifs is 2. The number of nitrogens with zero attached hydrogens (tertiary/aromatic N) is 4. The largest absolute Gasteiger partial charge is 0.494 e. The highest BCUT2D eigenvalue weighted by atomic mass is 79.9. The van der Waals surface area contributed by atoms with Crippen molar-refractivity contribution >= 4 is 62.1 Å². The van der Waals surface area contributed by atoms with Crippen molar-refractivity contribution in [1.29, 1.82) is 0 Å². The van der Waals surface area contributed by atoms with E-state index in [1.807, 2.05) is 31.2 Å². The van der Waals surface area contributed by atoms with Crippen molar-refractivity contribution < 1.29 is 24.2 Å². The molecule has 6 rings (SSSR count). The number of likely N-dealkylation sites (tertiary alicyclic amines) is 1. The van der Waals surface area contributed by atoms with E-state index >= 15 is 0 Å². The van der Waals surface area contributed by atoms with Gasteiger partial charge in [-0.3, -0.25) is 14.4 Å². The number of hydrogen-bond acceptors (Lipinski definition) is 8. The summed E-state index contributed by atoms with van der Waals surface area (Å²) < 4.78 is 6.26. The summed E-state index contributed by atoms with van der Waals surface area (Å²) >= 11 is 5.31. The van der Waals surface area contributed by atoms with Gasteiger partial charge in [-0.2, -0.15) is 0 Å². The Morgan fingerprint density at radius 2 is 1.98 bits per heavy atom. The maximum atomic E-state index is 14.1. The molecule has 3 aromatic rings. The zero-order valence-corrected chi connectivity index (χ0v) is 25.0. The number of para-hydroxylation sites is 1. The summed E-state index contributed by atoms with van der Waals surface area (Å²) in [6, 6.07) is 13.1. The Kier molecular flexibility index (Phi) is 7.45. The summed E-state index contributed by atoms with van der Waals surface area (Å²) in [5, 5.41) is 24.1. The van der Waals surface area contributed by atoms with E-state index in [-0.39, 0.29) is 41.1 Å². The van der Waals surface area contributed by atoms with Gasteiger partial charge in [0.15, 0.2) is 0 Å². The van der Waals surface area contributed by atoms with Gasteiger partial charge in [0, 0.05) is 15.8 Å². The van der Waals surface area contributed by atoms with Crippen LogP contribution in [0.3, 0.4) is 0 Å². The molecule has 2 aromatic carbocycles. The summed E-state index contributed by atoms with van der Waals surface area (Å²) in [5.74, 6) is -1.54. The van der Waals surface area contributed by atoms with Gasteiger partial charge in [0.05, 0.1) is 41.4 Å². The number of rotatable bonds is 9. The average molecular weight is 644 g/mol. The zero-order valence-electron chi connectivity index (χ0n) is 22.6. The molecule has 0 radical (unpaired) electrons. The van der Waals surface area contributed by atoms with Crippen molar-refractivity contribution in [3.8, 4) is 5.75 Å². The normalized spacial score (nSPS) is 29.0. The number of aliphatic hydroxyl groups is 1. The molecule has 0 saturated carbocycles. The number of hydrogen-bond donors (Lipinski definition) is 3. The van der Waals surface area contributed by atoms with Crippen molar-refractivity contribution in [3.05, 3.63) is 48.5 Å². The van der Waals surface area contributed by atoms with Gasteiger partial charge in [-0.25, -0.2) is 4.68 Å². The summed E-state index contributed by atoms with van der Waals surface area (Å²) in [4.78, 5) is 43.2. The van der Waals surface area contributed by atoms with Crippen LogP contribution < -0.4 is 15.4 Å². The van der Waals surface area contributed by atoms with Crippen LogP contribution in [0.25, 0.3) is 11.0 Å². The third-order valence-corrected chi connectivity index (χ3v) is 11.5. The van der Waals surface area contributed by atoms with Gasteiger partial charge in [-0.15, -0.1) is 16.9 Å². The molecule has 3 saturated heterocycles. The first-order chi connectivity index (χ1) is 19.8. The van der Waals surface area contributed by atoms with Crippen molar-refractivity contribution in [2.24, 2.45) is 11.8 Å². The van der Waals surface area contributed by atoms with Crippen molar-refractivity contribution in [2.45, 2.75) is 53.8 Å². The molecular formula is C28H31BrN6O5S. The fourth-order valence-corrected chi connectivity index (χ4v) is 10.1. The molecule has 13 heteroatoms. The number of halogens is 1. The number of carbonyl (C=O) groups excluding carboxylic acids is 3. The standard InChI is InChI=1S/C28H31BrN6O5S/c1-3-40-17-10-8-16(9-11-17)31-25(37)21-22-27(39)35(15(2)13-36)24(28(22)12-18(29)23(21)41-28)26(38)30-14-34-20-7-5-4-6-19(20)32-33-34/h4-11,15,18,21-24,36H,3,12-14H2,1-2H3,(H,30,38)(H,31,37)/t15-,18?,21+,22+,23+,24?,28?/m1/s1. The minimum absolute atomic E-state index is 0.0634. The van der Waals surface area contributed by atoms with Crippen LogP contribution in [0.15, 0.2) is 48.5 Å². The van der Waals surface area contributed by atoms with E-state index in [0.29, 0.717) is 30.0 Å². The van der Waals surface area contributed by atoms with Crippen LogP contribution in [0.1, 0.15) is 20.3 Å². The van der Waals surface area contributed by atoms with Crippen molar-refractivity contribution in [3.63, 3.8) is 0 Å². The fourth-order valence-electron chi connectivity index (χ4n) is 6.54. The van der Waals surface area contributed by atoms with Crippen LogP contribution >= 0.6 is 27.7 Å². The number of thioether (sulfide) groups is 1. The molecule has 4 heterocycles. The summed E-state index contributed by atoms with van der Waals surface area (Å²) in [7, 11) is 0. The number of aromatic nitrogens is 3. The Hall–Kier alpha value is -3.16. The Balaban J connectivity index is 1.28. The Labute approximate surface area is 249 Å². The highest BCUT2D eigenvalue weighted by Crippen LogP contribution is 2.68. The van der Waals surface area contributed by atoms with E-state index in [9.17, 15) is 19.5 Å². The smallest absolute Gasteiger partial charge is 0.245 e. The molecule has 7 atom stereocenters. The molecule has 1 spiro atoms. The number of amides is 3. The fraction of sp³-hybridized carbons (Fsp3) is 0.464. The first-order valence-corrected chi connectivity index (χ1v) is 15.4. The average Bonchev–Trinajstić information content (AvgIpc) is 3.69. The predicted octanol–water partition coefficient (Wildman–Crippen LogP) is 2.39. The number of carbonyl (C=O) groups is 3. The quantitative estimate of drug-likeness (QED) is 0.303. The second-order valence-corrected chi connectivity index (χ2v) is 13.4. The van der Waals surface area contributed by atoms with Gasteiger partial charge in [0.25, 0.3) is 0 Å². The van der Waals surface area contributed by atoms with Crippen LogP contribution in [-0.4, -0.2) is 82.8 Å². The maximum Gasteiger partial charge on any atom is 0.245 e. The molecule has 3 aliphatic rings. The number of alkyl halides is 1. The van der Waals surface area contributed by atoms with E-state index in [1.165, 1.54) is 4.90 Å². The minimum Gasteiger partial charge on any atom is -0.494 e. The molecule has 11 nitrogen and oxygen atoms in total. The lowest BCUT2D eigenvalue weighted by Crippen LogP contribution is -2.56. The molecular weight excluding hydrogens is 612 g/mol. The third-order valence-electron chi connectivity index (χ3n) is 8.27. The first-order valence-electron chi connectivity index (χ1n) is 13.6. The van der Waals surface area contributed by atoms with Gasteiger partial charge in [0.1, 0.15) is 24.0 Å². The van der Waals surface area contributed by atoms with E-state index in [1.54, 1.807) is 47.6 Å². The highest BCUT2D eigenvalue weighted by Gasteiger charge is 2.76. The molecule has 0 aliphatic carbocycles. The first kappa shape index (κ1) is 28.0. The van der Waals surface area contributed by atoms with Crippen LogP contribution in [0, 0.1) is 11.8 Å². The monoisotopic (exact) mass is 642 g/mol. The van der Waals surface area contributed by atoms with Crippen LogP contribution in [-0.2, 0) is 21.1 Å². The topological polar surface area (TPSA) is 139 Å². The molecule has 3 aliphatic heterocycles. The van der Waals surface area contributed by atoms with Gasteiger partial charge in [-0.1, -0.05) is 33.3 Å². The number of benzene rings is 2. The number of aliphatic hydroxyl groups excluding tert-OH is 1. The lowest BCUT2D eigenvalue weighted by atomic mass is 9.70. The van der Waals surface area contributed by atoms with Gasteiger partial charge < -0.3 is 25.4 Å². The van der Waals surface area contributed by atoms with Gasteiger partial charge >= 0.3 is 0 Å². The van der Waals surface area contributed by atoms with Crippen molar-refractivity contribution in [1.82, 2.24) is 25.2 Å². The maximum absolute atomic E-state index is 14.1. The number of nitrogens with one attached hydrogen (secondary N) is 2. The third kappa shape index (κ3) is 4.58. The number of ether oxygens (including phenoxy) is 1. The Morgan fingerprint density at radius 1 is 1.22 bits per heavy atom. The zero-order chi connectivity index (χ0) is 28.9. The second kappa shape index (κ2) is 10.9. The van der Waals surface area contributed by atoms with Gasteiger partial charge in [0.2, 0.25) is 17.7 Å². The molecule has 2 bridgehead atoms. The lowest BCUT2D eigenvalue weighted by Gasteiger charge is -2.36. The molecule has 3 N–H and O–H groups in total. The lowest BCUT2D eigenvalue weighted by molar-refractivity contribution is -0.141. The molecule has 3 amide bonds. The van der Waals surface area contributed by atoms with Crippen LogP contribution in [0.5, 0.6) is 5.75 Å². The van der Waals surface area contributed by atoms with Crippen LogP contribution in [0.2, 0.25) is 0 Å². The SMILES string of the molecule is CCOc1ccc(NC(=O)[C@H]2[C@H]3C(=O)N([C@H](C)CO)C(C(=O)NCn4nnc5ccccc54)C34CC(Br)[C@@H]2S4)cc1. The molecule has 41 heavy (non-hydrogen) atoms. The van der Waals surface area contributed by atoms with E-state index in [0.717, 1.165) is 5.52 Å². The molecule has 3 fully saturated rings.